The SMILES string of the molecule is Cc1ccc(Cl)cc1N(CC(=O)NCCOc1ccccc1Cl)S(=O)(=O)c1ccccc1. The van der Waals surface area contributed by atoms with Gasteiger partial charge in [0.25, 0.3) is 10.0 Å². The number of carbonyl (C=O) groups excluding carboxylic acids is 1. The van der Waals surface area contributed by atoms with Crippen LogP contribution < -0.4 is 14.4 Å². The van der Waals surface area contributed by atoms with Crippen molar-refractivity contribution in [2.75, 3.05) is 24.0 Å². The Labute approximate surface area is 197 Å². The number of nitrogens with zero attached hydrogens (tertiary/aromatic N) is 1. The molecule has 0 bridgehead atoms. The van der Waals surface area contributed by atoms with Crippen LogP contribution in [0.5, 0.6) is 5.75 Å². The van der Waals surface area contributed by atoms with E-state index >= 15 is 0 Å². The second-order valence-electron chi connectivity index (χ2n) is 6.88. The van der Waals surface area contributed by atoms with Gasteiger partial charge in [0.05, 0.1) is 22.2 Å². The third-order valence-corrected chi connectivity index (χ3v) is 6.90. The molecule has 1 N–H and O–H groups in total. The number of carbonyl (C=O) groups is 1. The zero-order chi connectivity index (χ0) is 23.1. The molecule has 1 amide bonds. The summed E-state index contributed by atoms with van der Waals surface area (Å²) in [5, 5.41) is 3.52. The Bertz CT molecular complexity index is 1190. The van der Waals surface area contributed by atoms with E-state index in [1.165, 1.54) is 18.2 Å². The van der Waals surface area contributed by atoms with Crippen molar-refractivity contribution in [2.24, 2.45) is 0 Å². The highest BCUT2D eigenvalue weighted by atomic mass is 35.5. The van der Waals surface area contributed by atoms with Gasteiger partial charge >= 0.3 is 0 Å². The molecule has 168 valence electrons. The molecule has 0 saturated heterocycles. The summed E-state index contributed by atoms with van der Waals surface area (Å²) in [7, 11) is -4.00. The highest BCUT2D eigenvalue weighted by Crippen LogP contribution is 2.29. The summed E-state index contributed by atoms with van der Waals surface area (Å²) in [6.07, 6.45) is 0. The molecule has 0 heterocycles. The number of ether oxygens (including phenoxy) is 1. The Balaban J connectivity index is 1.75. The average molecular weight is 493 g/mol. The monoisotopic (exact) mass is 492 g/mol. The fourth-order valence-electron chi connectivity index (χ4n) is 2.97. The molecular formula is C23H22Cl2N2O4S. The summed E-state index contributed by atoms with van der Waals surface area (Å²) < 4.78 is 33.3. The molecule has 0 saturated carbocycles. The van der Waals surface area contributed by atoms with Crippen molar-refractivity contribution in [2.45, 2.75) is 11.8 Å². The number of halogens is 2. The molecule has 0 aliphatic carbocycles. The van der Waals surface area contributed by atoms with Crippen LogP contribution in [0.2, 0.25) is 10.0 Å². The van der Waals surface area contributed by atoms with Crippen molar-refractivity contribution >= 4 is 44.8 Å². The number of nitrogens with one attached hydrogen (secondary N) is 1. The van der Waals surface area contributed by atoms with Crippen LogP contribution in [0.4, 0.5) is 5.69 Å². The minimum atomic E-state index is -4.00. The highest BCUT2D eigenvalue weighted by molar-refractivity contribution is 7.92. The lowest BCUT2D eigenvalue weighted by Crippen LogP contribution is -2.42. The topological polar surface area (TPSA) is 75.7 Å². The van der Waals surface area contributed by atoms with Crippen LogP contribution in [0.25, 0.3) is 0 Å². The first-order valence-electron chi connectivity index (χ1n) is 9.77. The van der Waals surface area contributed by atoms with Gasteiger partial charge in [-0.2, -0.15) is 0 Å². The van der Waals surface area contributed by atoms with Gasteiger partial charge in [0, 0.05) is 5.02 Å². The van der Waals surface area contributed by atoms with E-state index in [1.54, 1.807) is 61.5 Å². The number of benzene rings is 3. The number of hydrogen-bond acceptors (Lipinski definition) is 4. The molecule has 32 heavy (non-hydrogen) atoms. The zero-order valence-electron chi connectivity index (χ0n) is 17.3. The Morgan fingerprint density at radius 3 is 2.41 bits per heavy atom. The molecule has 6 nitrogen and oxygen atoms in total. The van der Waals surface area contributed by atoms with Crippen molar-refractivity contribution in [3.63, 3.8) is 0 Å². The smallest absolute Gasteiger partial charge is 0.264 e. The minimum Gasteiger partial charge on any atom is -0.490 e. The molecule has 0 atom stereocenters. The maximum Gasteiger partial charge on any atom is 0.264 e. The van der Waals surface area contributed by atoms with Crippen LogP contribution in [0.15, 0.2) is 77.7 Å². The number of amides is 1. The van der Waals surface area contributed by atoms with Gasteiger partial charge in [-0.15, -0.1) is 0 Å². The number of sulfonamides is 1. The standard InChI is InChI=1S/C23H22Cl2N2O4S/c1-17-11-12-18(24)15-21(17)27(32(29,30)19-7-3-2-4-8-19)16-23(28)26-13-14-31-22-10-6-5-9-20(22)25/h2-12,15H,13-14,16H2,1H3,(H,26,28). The van der Waals surface area contributed by atoms with E-state index in [2.05, 4.69) is 5.32 Å². The number of rotatable bonds is 9. The summed E-state index contributed by atoms with van der Waals surface area (Å²) in [5.74, 6) is 0.0258. The van der Waals surface area contributed by atoms with Crippen molar-refractivity contribution in [1.29, 1.82) is 0 Å². The van der Waals surface area contributed by atoms with Gasteiger partial charge in [-0.1, -0.05) is 59.6 Å². The predicted octanol–water partition coefficient (Wildman–Crippen LogP) is 4.69. The number of aryl methyl sites for hydroxylation is 1. The van der Waals surface area contributed by atoms with E-state index in [0.29, 0.717) is 27.0 Å². The van der Waals surface area contributed by atoms with Crippen LogP contribution >= 0.6 is 23.2 Å². The lowest BCUT2D eigenvalue weighted by Gasteiger charge is -2.26. The fraction of sp³-hybridized carbons (Fsp3) is 0.174. The lowest BCUT2D eigenvalue weighted by atomic mass is 10.2. The second kappa shape index (κ2) is 10.7. The molecule has 3 rings (SSSR count). The predicted molar refractivity (Wildman–Crippen MR) is 127 cm³/mol. The van der Waals surface area contributed by atoms with E-state index in [4.69, 9.17) is 27.9 Å². The Kier molecular flexibility index (Phi) is 8.01. The van der Waals surface area contributed by atoms with Gasteiger partial charge in [0.15, 0.2) is 0 Å². The quantitative estimate of drug-likeness (QED) is 0.439. The number of anilines is 1. The summed E-state index contributed by atoms with van der Waals surface area (Å²) >= 11 is 12.2. The fourth-order valence-corrected chi connectivity index (χ4v) is 4.83. The van der Waals surface area contributed by atoms with E-state index in [-0.39, 0.29) is 18.0 Å². The molecule has 3 aromatic rings. The van der Waals surface area contributed by atoms with Crippen LogP contribution in [0.3, 0.4) is 0 Å². The molecule has 0 unspecified atom stereocenters. The molecule has 0 radical (unpaired) electrons. The maximum atomic E-state index is 13.3. The van der Waals surface area contributed by atoms with Gasteiger partial charge in [0.2, 0.25) is 5.91 Å². The van der Waals surface area contributed by atoms with Gasteiger partial charge in [-0.25, -0.2) is 8.42 Å². The van der Waals surface area contributed by atoms with Crippen LogP contribution in [-0.2, 0) is 14.8 Å². The van der Waals surface area contributed by atoms with Crippen LogP contribution in [0, 0.1) is 6.92 Å². The summed E-state index contributed by atoms with van der Waals surface area (Å²) in [5.41, 5.74) is 1.01. The first-order chi connectivity index (χ1) is 15.3. The Morgan fingerprint density at radius 2 is 1.69 bits per heavy atom. The maximum absolute atomic E-state index is 13.3. The minimum absolute atomic E-state index is 0.0780. The first kappa shape index (κ1) is 23.9. The zero-order valence-corrected chi connectivity index (χ0v) is 19.6. The van der Waals surface area contributed by atoms with Crippen molar-refractivity contribution in [3.05, 3.63) is 88.4 Å². The average Bonchev–Trinajstić information content (AvgIpc) is 2.78. The molecule has 0 aliphatic heterocycles. The normalized spacial score (nSPS) is 11.1. The molecular weight excluding hydrogens is 471 g/mol. The van der Waals surface area contributed by atoms with Gasteiger partial charge in [0.1, 0.15) is 18.9 Å². The third-order valence-electron chi connectivity index (χ3n) is 4.58. The number of para-hydroxylation sites is 1. The second-order valence-corrected chi connectivity index (χ2v) is 9.59. The van der Waals surface area contributed by atoms with Crippen molar-refractivity contribution in [1.82, 2.24) is 5.32 Å². The van der Waals surface area contributed by atoms with E-state index in [9.17, 15) is 13.2 Å². The highest BCUT2D eigenvalue weighted by Gasteiger charge is 2.28. The summed E-state index contributed by atoms with van der Waals surface area (Å²) in [4.78, 5) is 12.7. The van der Waals surface area contributed by atoms with Gasteiger partial charge < -0.3 is 10.1 Å². The van der Waals surface area contributed by atoms with E-state index in [0.717, 1.165) is 4.31 Å². The van der Waals surface area contributed by atoms with Gasteiger partial charge in [-0.05, 0) is 48.9 Å². The van der Waals surface area contributed by atoms with E-state index in [1.807, 2.05) is 0 Å². The lowest BCUT2D eigenvalue weighted by molar-refractivity contribution is -0.119. The molecule has 0 fully saturated rings. The Hall–Kier alpha value is -2.74. The van der Waals surface area contributed by atoms with E-state index < -0.39 is 22.5 Å². The Morgan fingerprint density at radius 1 is 1.00 bits per heavy atom. The summed E-state index contributed by atoms with van der Waals surface area (Å²) in [6, 6.07) is 19.9. The van der Waals surface area contributed by atoms with Crippen LogP contribution in [0.1, 0.15) is 5.56 Å². The first-order valence-corrected chi connectivity index (χ1v) is 12.0. The summed E-state index contributed by atoms with van der Waals surface area (Å²) in [6.45, 7) is 1.70. The van der Waals surface area contributed by atoms with Crippen molar-refractivity contribution < 1.29 is 17.9 Å². The molecule has 0 spiro atoms. The molecule has 0 aromatic heterocycles. The van der Waals surface area contributed by atoms with Crippen LogP contribution in [-0.4, -0.2) is 34.0 Å². The van der Waals surface area contributed by atoms with Gasteiger partial charge in [-0.3, -0.25) is 9.10 Å². The molecule has 3 aromatic carbocycles. The largest absolute Gasteiger partial charge is 0.490 e. The van der Waals surface area contributed by atoms with Crippen molar-refractivity contribution in [3.8, 4) is 5.75 Å². The molecule has 9 heteroatoms. The molecule has 0 aliphatic rings. The third kappa shape index (κ3) is 5.94. The number of hydrogen-bond donors (Lipinski definition) is 1.